The Hall–Kier alpha value is -4.47. The summed E-state index contributed by atoms with van der Waals surface area (Å²) in [5, 5.41) is 7.15. The lowest BCUT2D eigenvalue weighted by Crippen LogP contribution is -2.20. The molecule has 3 aromatic heterocycles. The number of alkyl halides is 3. The third-order valence-corrected chi connectivity index (χ3v) is 5.26. The largest absolute Gasteiger partial charge is 0.573 e. The lowest BCUT2D eigenvalue weighted by molar-refractivity contribution is -0.274. The third-order valence-electron chi connectivity index (χ3n) is 5.26. The molecule has 0 unspecified atom stereocenters. The highest BCUT2D eigenvalue weighted by atomic mass is 19.4. The van der Waals surface area contributed by atoms with Gasteiger partial charge in [0, 0.05) is 47.7 Å². The molecule has 2 amide bonds. The van der Waals surface area contributed by atoms with Crippen molar-refractivity contribution in [3.05, 3.63) is 84.8 Å². The summed E-state index contributed by atoms with van der Waals surface area (Å²) in [6, 6.07) is 15.8. The maximum absolute atomic E-state index is 12.5. The molecule has 10 heteroatoms. The van der Waals surface area contributed by atoms with Crippen molar-refractivity contribution in [3.63, 3.8) is 0 Å². The van der Waals surface area contributed by atoms with Crippen LogP contribution in [-0.2, 0) is 6.54 Å². The molecular weight excluding hydrogens is 447 g/mol. The zero-order chi connectivity index (χ0) is 23.7. The molecule has 5 rings (SSSR count). The number of hydrogen-bond acceptors (Lipinski definition) is 3. The summed E-state index contributed by atoms with van der Waals surface area (Å²) in [4.78, 5) is 20.0. The number of hydrogen-bond donors (Lipinski definition) is 3. The Kier molecular flexibility index (Phi) is 5.33. The minimum atomic E-state index is -4.81. The van der Waals surface area contributed by atoms with Crippen LogP contribution in [0.15, 0.2) is 79.3 Å². The lowest BCUT2D eigenvalue weighted by atomic mass is 10.2. The molecule has 172 valence electrons. The first-order chi connectivity index (χ1) is 16.4. The SMILES string of the molecule is O=C(Nc1cccc(OC(F)(F)F)c1)Nc1cccc2c1ccn2Cc1c[nH]c2ncccc12. The number of nitrogens with one attached hydrogen (secondary N) is 3. The second-order valence-electron chi connectivity index (χ2n) is 7.55. The molecule has 0 atom stereocenters. The molecule has 2 aromatic carbocycles. The average molecular weight is 465 g/mol. The Morgan fingerprint density at radius 2 is 1.88 bits per heavy atom. The van der Waals surface area contributed by atoms with Crippen molar-refractivity contribution in [3.8, 4) is 5.75 Å². The van der Waals surface area contributed by atoms with E-state index in [2.05, 4.69) is 29.9 Å². The molecule has 3 N–H and O–H groups in total. The number of benzene rings is 2. The van der Waals surface area contributed by atoms with E-state index in [0.29, 0.717) is 12.2 Å². The zero-order valence-electron chi connectivity index (χ0n) is 17.6. The Morgan fingerprint density at radius 3 is 2.74 bits per heavy atom. The number of pyridine rings is 1. The molecule has 0 saturated heterocycles. The summed E-state index contributed by atoms with van der Waals surface area (Å²) in [5.74, 6) is -0.419. The number of urea groups is 1. The van der Waals surface area contributed by atoms with Gasteiger partial charge in [0.15, 0.2) is 0 Å². The fourth-order valence-corrected chi connectivity index (χ4v) is 3.85. The van der Waals surface area contributed by atoms with Gasteiger partial charge in [0.25, 0.3) is 0 Å². The van der Waals surface area contributed by atoms with Crippen molar-refractivity contribution in [2.75, 3.05) is 10.6 Å². The van der Waals surface area contributed by atoms with Crippen LogP contribution < -0.4 is 15.4 Å². The van der Waals surface area contributed by atoms with Crippen LogP contribution >= 0.6 is 0 Å². The van der Waals surface area contributed by atoms with Crippen LogP contribution in [0, 0.1) is 0 Å². The van der Waals surface area contributed by atoms with Gasteiger partial charge in [-0.05, 0) is 48.0 Å². The number of fused-ring (bicyclic) bond motifs is 2. The fraction of sp³-hybridized carbons (Fsp3) is 0.0833. The summed E-state index contributed by atoms with van der Waals surface area (Å²) in [6.07, 6.45) is 0.777. The van der Waals surface area contributed by atoms with Gasteiger partial charge in [0.1, 0.15) is 11.4 Å². The van der Waals surface area contributed by atoms with Crippen molar-refractivity contribution in [1.82, 2.24) is 14.5 Å². The number of amides is 2. The first-order valence-electron chi connectivity index (χ1n) is 10.3. The van der Waals surface area contributed by atoms with Gasteiger partial charge in [-0.3, -0.25) is 0 Å². The highest BCUT2D eigenvalue weighted by Gasteiger charge is 2.31. The molecule has 0 saturated carbocycles. The van der Waals surface area contributed by atoms with E-state index in [1.165, 1.54) is 12.1 Å². The number of nitrogens with zero attached hydrogens (tertiary/aromatic N) is 2. The summed E-state index contributed by atoms with van der Waals surface area (Å²) >= 11 is 0. The molecule has 3 heterocycles. The number of rotatable bonds is 5. The normalized spacial score (nSPS) is 11.6. The van der Waals surface area contributed by atoms with Gasteiger partial charge in [-0.25, -0.2) is 9.78 Å². The van der Waals surface area contributed by atoms with Crippen LogP contribution in [0.4, 0.5) is 29.3 Å². The van der Waals surface area contributed by atoms with Gasteiger partial charge in [0.05, 0.1) is 11.2 Å². The van der Waals surface area contributed by atoms with Gasteiger partial charge in [-0.15, -0.1) is 13.2 Å². The third kappa shape index (κ3) is 4.51. The number of aromatic nitrogens is 3. The van der Waals surface area contributed by atoms with E-state index in [-0.39, 0.29) is 5.69 Å². The Morgan fingerprint density at radius 1 is 1.03 bits per heavy atom. The molecule has 0 radical (unpaired) electrons. The Bertz CT molecular complexity index is 1490. The van der Waals surface area contributed by atoms with E-state index < -0.39 is 18.1 Å². The summed E-state index contributed by atoms with van der Waals surface area (Å²) in [5.41, 5.74) is 3.54. The lowest BCUT2D eigenvalue weighted by Gasteiger charge is -2.12. The minimum absolute atomic E-state index is 0.164. The topological polar surface area (TPSA) is 84.0 Å². The molecule has 5 aromatic rings. The fourth-order valence-electron chi connectivity index (χ4n) is 3.85. The average Bonchev–Trinajstić information content (AvgIpc) is 3.38. The molecule has 34 heavy (non-hydrogen) atoms. The van der Waals surface area contributed by atoms with Crippen LogP contribution in [0.25, 0.3) is 21.9 Å². The second-order valence-corrected chi connectivity index (χ2v) is 7.55. The molecule has 0 bridgehead atoms. The number of carbonyl (C=O) groups excluding carboxylic acids is 1. The monoisotopic (exact) mass is 465 g/mol. The number of ether oxygens (including phenoxy) is 1. The van der Waals surface area contributed by atoms with Crippen molar-refractivity contribution in [1.29, 1.82) is 0 Å². The van der Waals surface area contributed by atoms with Gasteiger partial charge in [0.2, 0.25) is 0 Å². The number of H-pyrrole nitrogens is 1. The minimum Gasteiger partial charge on any atom is -0.406 e. The summed E-state index contributed by atoms with van der Waals surface area (Å²) in [7, 11) is 0. The highest BCUT2D eigenvalue weighted by Crippen LogP contribution is 2.28. The molecule has 0 spiro atoms. The number of halogens is 3. The van der Waals surface area contributed by atoms with E-state index in [9.17, 15) is 18.0 Å². The second kappa shape index (κ2) is 8.47. The van der Waals surface area contributed by atoms with Crippen molar-refractivity contribution in [2.45, 2.75) is 12.9 Å². The van der Waals surface area contributed by atoms with E-state index in [4.69, 9.17) is 0 Å². The van der Waals surface area contributed by atoms with Crippen molar-refractivity contribution < 1.29 is 22.7 Å². The maximum atomic E-state index is 12.5. The predicted molar refractivity (Wildman–Crippen MR) is 123 cm³/mol. The van der Waals surface area contributed by atoms with Crippen LogP contribution in [0.5, 0.6) is 5.75 Å². The zero-order valence-corrected chi connectivity index (χ0v) is 17.6. The summed E-state index contributed by atoms with van der Waals surface area (Å²) < 4.78 is 43.3. The van der Waals surface area contributed by atoms with Crippen LogP contribution in [-0.4, -0.2) is 26.9 Å². The Labute approximate surface area is 191 Å². The molecule has 0 aliphatic heterocycles. The molecule has 0 aliphatic carbocycles. The first kappa shape index (κ1) is 21.4. The van der Waals surface area contributed by atoms with E-state index in [1.54, 1.807) is 12.3 Å². The maximum Gasteiger partial charge on any atom is 0.573 e. The van der Waals surface area contributed by atoms with Crippen LogP contribution in [0.3, 0.4) is 0 Å². The molecule has 7 nitrogen and oxygen atoms in total. The van der Waals surface area contributed by atoms with Gasteiger partial charge in [-0.2, -0.15) is 0 Å². The number of aromatic amines is 1. The molecule has 0 fully saturated rings. The van der Waals surface area contributed by atoms with E-state index >= 15 is 0 Å². The smallest absolute Gasteiger partial charge is 0.406 e. The highest BCUT2D eigenvalue weighted by molar-refractivity contribution is 6.05. The van der Waals surface area contributed by atoms with E-state index in [0.717, 1.165) is 39.6 Å². The predicted octanol–water partition coefficient (Wildman–Crippen LogP) is 6.11. The number of anilines is 2. The molecular formula is C24H18F3N5O2. The van der Waals surface area contributed by atoms with Gasteiger partial charge < -0.3 is 24.9 Å². The van der Waals surface area contributed by atoms with Crippen molar-refractivity contribution >= 4 is 39.3 Å². The first-order valence-corrected chi connectivity index (χ1v) is 10.3. The van der Waals surface area contributed by atoms with Gasteiger partial charge >= 0.3 is 12.4 Å². The molecule has 0 aliphatic rings. The quantitative estimate of drug-likeness (QED) is 0.293. The standard InChI is InChI=1S/C24H18F3N5O2/c25-24(26,27)34-17-5-1-4-16(12-17)30-23(33)31-20-7-2-8-21-19(20)9-11-32(21)14-15-13-29-22-18(15)6-3-10-28-22/h1-13H,14H2,(H,28,29)(H2,30,31,33). The van der Waals surface area contributed by atoms with Crippen molar-refractivity contribution in [2.24, 2.45) is 0 Å². The van der Waals surface area contributed by atoms with Gasteiger partial charge in [-0.1, -0.05) is 12.1 Å². The number of carbonyl (C=O) groups is 1. The van der Waals surface area contributed by atoms with Crippen LogP contribution in [0.2, 0.25) is 0 Å². The van der Waals surface area contributed by atoms with Crippen LogP contribution in [0.1, 0.15) is 5.56 Å². The summed E-state index contributed by atoms with van der Waals surface area (Å²) in [6.45, 7) is 0.608. The van der Waals surface area contributed by atoms with E-state index in [1.807, 2.05) is 42.7 Å². The Balaban J connectivity index is 1.33.